The summed E-state index contributed by atoms with van der Waals surface area (Å²) in [5.41, 5.74) is 1.36. The van der Waals surface area contributed by atoms with Gasteiger partial charge in [-0.1, -0.05) is 46.9 Å². The molecule has 0 spiro atoms. The number of aryl methyl sites for hydroxylation is 1. The minimum Gasteiger partial charge on any atom is -0.465 e. The van der Waals surface area contributed by atoms with Gasteiger partial charge >= 0.3 is 16.7 Å². The lowest BCUT2D eigenvalue weighted by atomic mass is 10.1. The molecule has 0 unspecified atom stereocenters. The Hall–Kier alpha value is -1.62. The van der Waals surface area contributed by atoms with E-state index in [0.717, 1.165) is 33.5 Å². The molecule has 2 rings (SSSR count). The second-order valence-electron chi connectivity index (χ2n) is 4.85. The summed E-state index contributed by atoms with van der Waals surface area (Å²) in [6, 6.07) is 7.13. The number of hydrogen-bond acceptors (Lipinski definition) is 4. The third-order valence-electron chi connectivity index (χ3n) is 3.16. The molecule has 0 aliphatic carbocycles. The maximum atomic E-state index is 12.2. The summed E-state index contributed by atoms with van der Waals surface area (Å²) in [5.74, 6) is 0. The average molecular weight is 449 g/mol. The quantitative estimate of drug-likeness (QED) is 0.498. The zero-order valence-electron chi connectivity index (χ0n) is 12.2. The van der Waals surface area contributed by atoms with Crippen LogP contribution in [-0.2, 0) is 19.6 Å². The summed E-state index contributed by atoms with van der Waals surface area (Å²) in [4.78, 5) is 34.3. The van der Waals surface area contributed by atoms with Crippen LogP contribution < -0.4 is 15.9 Å². The molecule has 0 radical (unpaired) electrons. The molecule has 0 bridgehead atoms. The highest BCUT2D eigenvalue weighted by atomic mass is 127. The maximum absolute atomic E-state index is 12.2. The van der Waals surface area contributed by atoms with Crippen molar-refractivity contribution < 1.29 is 9.90 Å². The first-order valence-corrected chi connectivity index (χ1v) is 9.22. The van der Waals surface area contributed by atoms with E-state index in [1.165, 1.54) is 8.52 Å². The van der Waals surface area contributed by atoms with Crippen LogP contribution in [-0.4, -0.2) is 24.2 Å². The van der Waals surface area contributed by atoms with E-state index < -0.39 is 6.09 Å². The summed E-state index contributed by atoms with van der Waals surface area (Å²) >= 11 is 3.18. The van der Waals surface area contributed by atoms with E-state index in [4.69, 9.17) is 5.11 Å². The number of nitrogens with zero attached hydrogens (tertiary/aromatic N) is 2. The number of carbonyl (C=O) groups is 1. The minimum absolute atomic E-state index is 0.219. The molecule has 124 valence electrons. The normalized spacial score (nSPS) is 10.7. The van der Waals surface area contributed by atoms with E-state index in [-0.39, 0.29) is 23.7 Å². The van der Waals surface area contributed by atoms with Crippen LogP contribution in [0.1, 0.15) is 17.5 Å². The van der Waals surface area contributed by atoms with Crippen molar-refractivity contribution in [3.63, 3.8) is 0 Å². The number of benzene rings is 1. The SMILES string of the molecule is O=C(O)NCc1ccc(Cn2c(=O)sn(CCCI)c2=O)cc1. The van der Waals surface area contributed by atoms with Crippen LogP contribution in [0, 0.1) is 0 Å². The number of carboxylic acid groups (broad SMARTS) is 1. The Kier molecular flexibility index (Phi) is 6.39. The third kappa shape index (κ3) is 4.93. The molecular formula is C14H16IN3O4S. The second kappa shape index (κ2) is 8.29. The third-order valence-corrected chi connectivity index (χ3v) is 4.85. The van der Waals surface area contributed by atoms with E-state index >= 15 is 0 Å². The van der Waals surface area contributed by atoms with Gasteiger partial charge in [0.25, 0.3) is 0 Å². The van der Waals surface area contributed by atoms with Crippen LogP contribution in [0.2, 0.25) is 0 Å². The van der Waals surface area contributed by atoms with Crippen LogP contribution in [0.25, 0.3) is 0 Å². The topological polar surface area (TPSA) is 93.3 Å². The molecule has 0 aliphatic rings. The average Bonchev–Trinajstić information content (AvgIpc) is 2.79. The number of hydrogen-bond donors (Lipinski definition) is 2. The minimum atomic E-state index is -1.08. The summed E-state index contributed by atoms with van der Waals surface area (Å²) in [6.45, 7) is 1.00. The molecule has 2 N–H and O–H groups in total. The van der Waals surface area contributed by atoms with Crippen molar-refractivity contribution in [2.45, 2.75) is 26.1 Å². The summed E-state index contributed by atoms with van der Waals surface area (Å²) < 4.78 is 3.65. The smallest absolute Gasteiger partial charge is 0.404 e. The molecule has 23 heavy (non-hydrogen) atoms. The Labute approximate surface area is 149 Å². The van der Waals surface area contributed by atoms with Gasteiger partial charge in [0, 0.05) is 29.0 Å². The zero-order chi connectivity index (χ0) is 16.8. The fourth-order valence-corrected chi connectivity index (χ4v) is 3.16. The van der Waals surface area contributed by atoms with Crippen molar-refractivity contribution >= 4 is 40.2 Å². The van der Waals surface area contributed by atoms with Crippen LogP contribution in [0.5, 0.6) is 0 Å². The fraction of sp³-hybridized carbons (Fsp3) is 0.357. The van der Waals surface area contributed by atoms with Gasteiger partial charge in [-0.15, -0.1) is 0 Å². The molecule has 0 fully saturated rings. The first-order valence-electron chi connectivity index (χ1n) is 6.93. The molecule has 1 heterocycles. The van der Waals surface area contributed by atoms with Crippen LogP contribution >= 0.6 is 34.1 Å². The fourth-order valence-electron chi connectivity index (χ4n) is 1.99. The van der Waals surface area contributed by atoms with Gasteiger partial charge in [-0.3, -0.25) is 4.79 Å². The Bertz CT molecular complexity index is 779. The molecule has 0 aliphatic heterocycles. The van der Waals surface area contributed by atoms with Crippen LogP contribution in [0.4, 0.5) is 4.79 Å². The summed E-state index contributed by atoms with van der Waals surface area (Å²) in [6.07, 6.45) is -0.225. The molecule has 7 nitrogen and oxygen atoms in total. The summed E-state index contributed by atoms with van der Waals surface area (Å²) in [5, 5.41) is 10.8. The molecule has 0 saturated heterocycles. The number of halogens is 1. The van der Waals surface area contributed by atoms with Gasteiger partial charge in [0.2, 0.25) is 0 Å². The maximum Gasteiger partial charge on any atom is 0.404 e. The van der Waals surface area contributed by atoms with E-state index in [0.29, 0.717) is 6.54 Å². The Morgan fingerprint density at radius 3 is 2.48 bits per heavy atom. The van der Waals surface area contributed by atoms with Gasteiger partial charge in [0.15, 0.2) is 0 Å². The zero-order valence-corrected chi connectivity index (χ0v) is 15.2. The van der Waals surface area contributed by atoms with E-state index in [1.807, 2.05) is 0 Å². The standard InChI is InChI=1S/C14H16IN3O4S/c15-6-1-7-18-13(21)17(14(22)23-18)9-11-4-2-10(3-5-11)8-16-12(19)20/h2-5,16H,1,6-9H2,(H,19,20). The molecule has 9 heteroatoms. The van der Waals surface area contributed by atoms with Gasteiger partial charge in [-0.25, -0.2) is 18.1 Å². The van der Waals surface area contributed by atoms with E-state index in [2.05, 4.69) is 27.9 Å². The lowest BCUT2D eigenvalue weighted by Crippen LogP contribution is -2.29. The number of aromatic nitrogens is 2. The Morgan fingerprint density at radius 1 is 1.22 bits per heavy atom. The molecule has 0 atom stereocenters. The lowest BCUT2D eigenvalue weighted by molar-refractivity contribution is 0.194. The van der Waals surface area contributed by atoms with E-state index in [9.17, 15) is 14.4 Å². The Balaban J connectivity index is 2.10. The monoisotopic (exact) mass is 449 g/mol. The van der Waals surface area contributed by atoms with Crippen molar-refractivity contribution in [1.82, 2.24) is 13.8 Å². The molecule has 0 saturated carbocycles. The van der Waals surface area contributed by atoms with Gasteiger partial charge in [-0.2, -0.15) is 0 Å². The molecular weight excluding hydrogens is 433 g/mol. The largest absolute Gasteiger partial charge is 0.465 e. The Morgan fingerprint density at radius 2 is 1.87 bits per heavy atom. The van der Waals surface area contributed by atoms with Gasteiger partial charge in [0.1, 0.15) is 0 Å². The van der Waals surface area contributed by atoms with Gasteiger partial charge in [-0.05, 0) is 17.5 Å². The molecule has 2 aromatic rings. The predicted octanol–water partition coefficient (Wildman–Crippen LogP) is 1.71. The predicted molar refractivity (Wildman–Crippen MR) is 96.8 cm³/mol. The molecule has 1 amide bonds. The molecule has 1 aromatic carbocycles. The summed E-state index contributed by atoms with van der Waals surface area (Å²) in [7, 11) is 0. The van der Waals surface area contributed by atoms with Gasteiger partial charge in [0.05, 0.1) is 6.54 Å². The number of nitrogens with one attached hydrogen (secondary N) is 1. The lowest BCUT2D eigenvalue weighted by Gasteiger charge is -2.04. The number of amides is 1. The van der Waals surface area contributed by atoms with Crippen molar-refractivity contribution in [2.75, 3.05) is 4.43 Å². The highest BCUT2D eigenvalue weighted by molar-refractivity contribution is 14.1. The molecule has 1 aromatic heterocycles. The van der Waals surface area contributed by atoms with Crippen molar-refractivity contribution in [1.29, 1.82) is 0 Å². The van der Waals surface area contributed by atoms with Crippen molar-refractivity contribution in [2.24, 2.45) is 0 Å². The van der Waals surface area contributed by atoms with Crippen LogP contribution in [0.15, 0.2) is 33.9 Å². The second-order valence-corrected chi connectivity index (χ2v) is 6.90. The van der Waals surface area contributed by atoms with Crippen LogP contribution in [0.3, 0.4) is 0 Å². The first kappa shape index (κ1) is 17.7. The highest BCUT2D eigenvalue weighted by Crippen LogP contribution is 2.05. The highest BCUT2D eigenvalue weighted by Gasteiger charge is 2.10. The number of alkyl halides is 1. The van der Waals surface area contributed by atoms with Crippen molar-refractivity contribution in [3.8, 4) is 0 Å². The van der Waals surface area contributed by atoms with E-state index in [1.54, 1.807) is 24.3 Å². The van der Waals surface area contributed by atoms with Crippen molar-refractivity contribution in [3.05, 3.63) is 55.5 Å². The number of rotatable bonds is 7. The first-order chi connectivity index (χ1) is 11.0. The van der Waals surface area contributed by atoms with Gasteiger partial charge < -0.3 is 10.4 Å².